The minimum Gasteiger partial charge on any atom is -0.469 e. The zero-order valence-corrected chi connectivity index (χ0v) is 12.6. The number of aryl methyl sites for hydroxylation is 3. The van der Waals surface area contributed by atoms with Crippen molar-refractivity contribution in [2.75, 3.05) is 5.32 Å². The fraction of sp³-hybridized carbons (Fsp3) is 0.235. The van der Waals surface area contributed by atoms with Crippen LogP contribution in [0.5, 0.6) is 0 Å². The van der Waals surface area contributed by atoms with Crippen LogP contribution >= 0.6 is 0 Å². The number of ketones is 1. The first kappa shape index (κ1) is 15.5. The molecule has 0 fully saturated rings. The average Bonchev–Trinajstić information content (AvgIpc) is 2.89. The van der Waals surface area contributed by atoms with Crippen molar-refractivity contribution in [3.63, 3.8) is 0 Å². The summed E-state index contributed by atoms with van der Waals surface area (Å²) < 4.78 is 5.05. The van der Waals surface area contributed by atoms with Crippen LogP contribution in [0, 0.1) is 38.0 Å². The van der Waals surface area contributed by atoms with Crippen molar-refractivity contribution in [3.05, 3.63) is 53.0 Å². The predicted octanol–water partition coefficient (Wildman–Crippen LogP) is 3.17. The summed E-state index contributed by atoms with van der Waals surface area (Å²) in [5, 5.41) is 11.8. The highest BCUT2D eigenvalue weighted by Crippen LogP contribution is 2.19. The van der Waals surface area contributed by atoms with Crippen LogP contribution in [0.2, 0.25) is 0 Å². The molecule has 1 amide bonds. The summed E-state index contributed by atoms with van der Waals surface area (Å²) in [5.41, 5.74) is 2.78. The standard InChI is InChI=1S/C17H16N2O3/c1-10-4-5-15(11(2)8-10)19-17(21)14(9-18)16(20)13-6-7-22-12(13)3/h4-8,14H,1-3H3,(H,19,21)/t14-/m1/s1. The molecule has 2 rings (SSSR count). The van der Waals surface area contributed by atoms with Crippen LogP contribution in [0.4, 0.5) is 5.69 Å². The first-order valence-corrected chi connectivity index (χ1v) is 6.80. The first-order chi connectivity index (χ1) is 10.4. The number of benzene rings is 1. The van der Waals surface area contributed by atoms with Crippen LogP contribution in [-0.4, -0.2) is 11.7 Å². The number of hydrogen-bond donors (Lipinski definition) is 1. The van der Waals surface area contributed by atoms with Gasteiger partial charge in [0.2, 0.25) is 5.91 Å². The summed E-state index contributed by atoms with van der Waals surface area (Å²) in [6.45, 7) is 5.41. The van der Waals surface area contributed by atoms with Gasteiger partial charge in [0.1, 0.15) is 5.76 Å². The SMILES string of the molecule is Cc1ccc(NC(=O)[C@H](C#N)C(=O)c2ccoc2C)c(C)c1. The quantitative estimate of drug-likeness (QED) is 0.694. The third-order valence-electron chi connectivity index (χ3n) is 3.42. The van der Waals surface area contributed by atoms with E-state index in [9.17, 15) is 14.9 Å². The highest BCUT2D eigenvalue weighted by atomic mass is 16.3. The summed E-state index contributed by atoms with van der Waals surface area (Å²) in [7, 11) is 0. The minimum absolute atomic E-state index is 0.252. The second kappa shape index (κ2) is 6.27. The van der Waals surface area contributed by atoms with Crippen LogP contribution in [0.1, 0.15) is 27.2 Å². The van der Waals surface area contributed by atoms with Gasteiger partial charge in [-0.05, 0) is 38.5 Å². The maximum absolute atomic E-state index is 12.3. The molecule has 1 atom stereocenters. The van der Waals surface area contributed by atoms with E-state index in [1.54, 1.807) is 19.1 Å². The van der Waals surface area contributed by atoms with Gasteiger partial charge in [-0.25, -0.2) is 0 Å². The van der Waals surface area contributed by atoms with E-state index < -0.39 is 17.6 Å². The molecule has 1 heterocycles. The number of carbonyl (C=O) groups is 2. The Morgan fingerprint density at radius 2 is 1.95 bits per heavy atom. The normalized spacial score (nSPS) is 11.5. The summed E-state index contributed by atoms with van der Waals surface area (Å²) in [6.07, 6.45) is 1.36. The van der Waals surface area contributed by atoms with Crippen molar-refractivity contribution in [1.82, 2.24) is 0 Å². The lowest BCUT2D eigenvalue weighted by Crippen LogP contribution is -2.29. The average molecular weight is 296 g/mol. The van der Waals surface area contributed by atoms with Crippen LogP contribution < -0.4 is 5.32 Å². The molecule has 0 unspecified atom stereocenters. The zero-order valence-electron chi connectivity index (χ0n) is 12.6. The number of nitriles is 1. The van der Waals surface area contributed by atoms with E-state index in [1.165, 1.54) is 12.3 Å². The second-order valence-corrected chi connectivity index (χ2v) is 5.12. The smallest absolute Gasteiger partial charge is 0.249 e. The molecule has 22 heavy (non-hydrogen) atoms. The predicted molar refractivity (Wildman–Crippen MR) is 81.4 cm³/mol. The van der Waals surface area contributed by atoms with Gasteiger partial charge in [-0.2, -0.15) is 5.26 Å². The van der Waals surface area contributed by atoms with Gasteiger partial charge < -0.3 is 9.73 Å². The highest BCUT2D eigenvalue weighted by Gasteiger charge is 2.29. The van der Waals surface area contributed by atoms with Gasteiger partial charge in [-0.15, -0.1) is 0 Å². The van der Waals surface area contributed by atoms with Crippen LogP contribution in [0.15, 0.2) is 34.9 Å². The molecule has 112 valence electrons. The van der Waals surface area contributed by atoms with Gasteiger partial charge in [0, 0.05) is 5.69 Å². The Labute approximate surface area is 128 Å². The van der Waals surface area contributed by atoms with Crippen molar-refractivity contribution in [1.29, 1.82) is 5.26 Å². The number of carbonyl (C=O) groups excluding carboxylic acids is 2. The van der Waals surface area contributed by atoms with Crippen LogP contribution in [0.3, 0.4) is 0 Å². The fourth-order valence-electron chi connectivity index (χ4n) is 2.19. The van der Waals surface area contributed by atoms with E-state index in [4.69, 9.17) is 4.42 Å². The van der Waals surface area contributed by atoms with E-state index >= 15 is 0 Å². The number of furan rings is 1. The Kier molecular flexibility index (Phi) is 4.42. The first-order valence-electron chi connectivity index (χ1n) is 6.80. The third-order valence-corrected chi connectivity index (χ3v) is 3.42. The lowest BCUT2D eigenvalue weighted by molar-refractivity contribution is -0.117. The molecular weight excluding hydrogens is 280 g/mol. The molecule has 2 aromatic rings. The fourth-order valence-corrected chi connectivity index (χ4v) is 2.19. The van der Waals surface area contributed by atoms with Gasteiger partial charge in [0.15, 0.2) is 11.7 Å². The minimum atomic E-state index is -1.41. The van der Waals surface area contributed by atoms with E-state index in [0.717, 1.165) is 11.1 Å². The monoisotopic (exact) mass is 296 g/mol. The maximum Gasteiger partial charge on any atom is 0.249 e. The molecule has 5 heteroatoms. The van der Waals surface area contributed by atoms with Crippen molar-refractivity contribution in [2.24, 2.45) is 5.92 Å². The largest absolute Gasteiger partial charge is 0.469 e. The molecule has 0 saturated heterocycles. The Morgan fingerprint density at radius 1 is 1.23 bits per heavy atom. The molecule has 0 spiro atoms. The summed E-state index contributed by atoms with van der Waals surface area (Å²) in [5.74, 6) is -2.21. The molecular formula is C17H16N2O3. The molecule has 1 N–H and O–H groups in total. The molecule has 0 aliphatic heterocycles. The lowest BCUT2D eigenvalue weighted by atomic mass is 9.98. The Balaban J connectivity index is 2.21. The molecule has 5 nitrogen and oxygen atoms in total. The van der Waals surface area contributed by atoms with Gasteiger partial charge in [0.25, 0.3) is 0 Å². The van der Waals surface area contributed by atoms with Crippen molar-refractivity contribution in [3.8, 4) is 6.07 Å². The van der Waals surface area contributed by atoms with E-state index in [2.05, 4.69) is 5.32 Å². The van der Waals surface area contributed by atoms with Crippen molar-refractivity contribution in [2.45, 2.75) is 20.8 Å². The third kappa shape index (κ3) is 3.07. The van der Waals surface area contributed by atoms with E-state index in [1.807, 2.05) is 26.0 Å². The molecule has 0 bridgehead atoms. The molecule has 0 aliphatic rings. The topological polar surface area (TPSA) is 83.1 Å². The van der Waals surface area contributed by atoms with Crippen molar-refractivity contribution >= 4 is 17.4 Å². The van der Waals surface area contributed by atoms with Gasteiger partial charge in [-0.3, -0.25) is 9.59 Å². The Morgan fingerprint density at radius 3 is 2.50 bits per heavy atom. The summed E-state index contributed by atoms with van der Waals surface area (Å²) in [4.78, 5) is 24.5. The highest BCUT2D eigenvalue weighted by molar-refractivity contribution is 6.16. The molecule has 0 aliphatic carbocycles. The number of anilines is 1. The maximum atomic E-state index is 12.3. The summed E-state index contributed by atoms with van der Waals surface area (Å²) in [6, 6.07) is 8.75. The molecule has 1 aromatic carbocycles. The number of hydrogen-bond acceptors (Lipinski definition) is 4. The molecule has 1 aromatic heterocycles. The summed E-state index contributed by atoms with van der Waals surface area (Å²) >= 11 is 0. The van der Waals surface area contributed by atoms with Gasteiger partial charge >= 0.3 is 0 Å². The number of nitrogens with one attached hydrogen (secondary N) is 1. The lowest BCUT2D eigenvalue weighted by Gasteiger charge is -2.11. The zero-order chi connectivity index (χ0) is 16.3. The second-order valence-electron chi connectivity index (χ2n) is 5.12. The number of amides is 1. The van der Waals surface area contributed by atoms with E-state index in [0.29, 0.717) is 11.4 Å². The van der Waals surface area contributed by atoms with Gasteiger partial charge in [-0.1, -0.05) is 17.7 Å². The molecule has 0 saturated carbocycles. The van der Waals surface area contributed by atoms with Crippen LogP contribution in [0.25, 0.3) is 0 Å². The number of Topliss-reactive ketones (excluding diaryl/α,β-unsaturated/α-hetero) is 1. The Bertz CT molecular complexity index is 768. The molecule has 0 radical (unpaired) electrons. The van der Waals surface area contributed by atoms with Crippen LogP contribution in [-0.2, 0) is 4.79 Å². The number of nitrogens with zero attached hydrogens (tertiary/aromatic N) is 1. The Hall–Kier alpha value is -2.87. The van der Waals surface area contributed by atoms with E-state index in [-0.39, 0.29) is 5.56 Å². The van der Waals surface area contributed by atoms with Gasteiger partial charge in [0.05, 0.1) is 17.9 Å². The number of rotatable bonds is 4. The van der Waals surface area contributed by atoms with Crippen molar-refractivity contribution < 1.29 is 14.0 Å².